The average Bonchev–Trinajstić information content (AvgIpc) is 2.59. The van der Waals surface area contributed by atoms with Crippen molar-refractivity contribution >= 4 is 28.6 Å². The highest BCUT2D eigenvalue weighted by molar-refractivity contribution is 5.86. The Kier molecular flexibility index (Phi) is 4.06. The molecule has 114 valence electrons. The normalized spacial score (nSPS) is 11.0. The Labute approximate surface area is 133 Å². The first kappa shape index (κ1) is 14.8. The molecule has 0 aliphatic carbocycles. The van der Waals surface area contributed by atoms with Gasteiger partial charge in [0.1, 0.15) is 0 Å². The molecular weight excluding hydrogens is 290 g/mol. The van der Waals surface area contributed by atoms with Crippen molar-refractivity contribution < 1.29 is 9.66 Å². The van der Waals surface area contributed by atoms with E-state index in [9.17, 15) is 10.1 Å². The van der Waals surface area contributed by atoms with Gasteiger partial charge in [0, 0.05) is 6.07 Å². The third-order valence-electron chi connectivity index (χ3n) is 3.64. The molecule has 0 saturated carbocycles. The fourth-order valence-corrected chi connectivity index (χ4v) is 2.46. The maximum absolute atomic E-state index is 11.1. The van der Waals surface area contributed by atoms with E-state index in [0.29, 0.717) is 0 Å². The molecule has 0 aromatic heterocycles. The van der Waals surface area contributed by atoms with Crippen LogP contribution in [-0.4, -0.2) is 12.0 Å². The molecule has 0 radical (unpaired) electrons. The highest BCUT2D eigenvalue weighted by atomic mass is 16.6. The molecule has 0 amide bonds. The van der Waals surface area contributed by atoms with Crippen LogP contribution in [0, 0.1) is 10.1 Å². The van der Waals surface area contributed by atoms with Crippen molar-refractivity contribution in [1.29, 1.82) is 0 Å². The number of ether oxygens (including phenoxy) is 1. The van der Waals surface area contributed by atoms with Crippen molar-refractivity contribution in [2.75, 3.05) is 7.11 Å². The Balaban J connectivity index is 1.92. The number of nitrogens with zero attached hydrogens (tertiary/aromatic N) is 1. The topological polar surface area (TPSA) is 52.4 Å². The Morgan fingerprint density at radius 1 is 0.913 bits per heavy atom. The minimum absolute atomic E-state index is 0.0341. The second-order valence-electron chi connectivity index (χ2n) is 5.13. The highest BCUT2D eigenvalue weighted by Crippen LogP contribution is 2.28. The van der Waals surface area contributed by atoms with Gasteiger partial charge >= 0.3 is 5.69 Å². The second-order valence-corrected chi connectivity index (χ2v) is 5.13. The molecule has 0 bridgehead atoms. The fourth-order valence-electron chi connectivity index (χ4n) is 2.46. The number of hydrogen-bond acceptors (Lipinski definition) is 3. The number of nitro benzene ring substituents is 1. The van der Waals surface area contributed by atoms with Crippen molar-refractivity contribution in [3.8, 4) is 5.75 Å². The lowest BCUT2D eigenvalue weighted by molar-refractivity contribution is -0.385. The second kappa shape index (κ2) is 6.32. The van der Waals surface area contributed by atoms with Crippen LogP contribution in [0.5, 0.6) is 5.75 Å². The number of methoxy groups -OCH3 is 1. The molecule has 0 aliphatic heterocycles. The summed E-state index contributed by atoms with van der Waals surface area (Å²) in [4.78, 5) is 10.6. The molecular formula is C19H15NO3. The molecule has 4 heteroatoms. The lowest BCUT2D eigenvalue weighted by Crippen LogP contribution is -1.93. The summed E-state index contributed by atoms with van der Waals surface area (Å²) >= 11 is 0. The van der Waals surface area contributed by atoms with E-state index in [-0.39, 0.29) is 11.4 Å². The first-order valence-electron chi connectivity index (χ1n) is 7.17. The number of rotatable bonds is 4. The molecule has 0 aliphatic rings. The van der Waals surface area contributed by atoms with E-state index in [4.69, 9.17) is 4.74 Å². The van der Waals surface area contributed by atoms with Gasteiger partial charge in [0.05, 0.1) is 12.0 Å². The third-order valence-corrected chi connectivity index (χ3v) is 3.64. The summed E-state index contributed by atoms with van der Waals surface area (Å²) in [6.45, 7) is 0. The van der Waals surface area contributed by atoms with Gasteiger partial charge in [0.25, 0.3) is 0 Å². The van der Waals surface area contributed by atoms with Crippen molar-refractivity contribution in [3.63, 3.8) is 0 Å². The zero-order valence-corrected chi connectivity index (χ0v) is 12.6. The highest BCUT2D eigenvalue weighted by Gasteiger charge is 2.14. The van der Waals surface area contributed by atoms with E-state index in [1.165, 1.54) is 18.6 Å². The summed E-state index contributed by atoms with van der Waals surface area (Å²) in [5, 5.41) is 13.4. The smallest absolute Gasteiger partial charge is 0.311 e. The largest absolute Gasteiger partial charge is 0.490 e. The molecule has 4 nitrogen and oxygen atoms in total. The summed E-state index contributed by atoms with van der Waals surface area (Å²) in [6, 6.07) is 19.2. The standard InChI is InChI=1S/C19H15NO3/c1-23-19-11-9-15(13-18(19)20(21)22)7-6-14-8-10-16-4-2-3-5-17(16)12-14/h2-13H,1H3/b7-6-. The van der Waals surface area contributed by atoms with E-state index < -0.39 is 4.92 Å². The number of benzene rings is 3. The minimum atomic E-state index is -0.438. The van der Waals surface area contributed by atoms with Crippen molar-refractivity contribution in [3.05, 3.63) is 81.9 Å². The molecule has 0 spiro atoms. The summed E-state index contributed by atoms with van der Waals surface area (Å²) in [5.74, 6) is 0.262. The van der Waals surface area contributed by atoms with Crippen molar-refractivity contribution in [1.82, 2.24) is 0 Å². The fraction of sp³-hybridized carbons (Fsp3) is 0.0526. The summed E-state index contributed by atoms with van der Waals surface area (Å²) in [6.07, 6.45) is 3.80. The Morgan fingerprint density at radius 3 is 2.26 bits per heavy atom. The molecule has 23 heavy (non-hydrogen) atoms. The van der Waals surface area contributed by atoms with E-state index in [0.717, 1.165) is 16.5 Å². The molecule has 0 atom stereocenters. The molecule has 0 unspecified atom stereocenters. The van der Waals surface area contributed by atoms with Gasteiger partial charge in [-0.25, -0.2) is 0 Å². The van der Waals surface area contributed by atoms with E-state index in [1.54, 1.807) is 12.1 Å². The van der Waals surface area contributed by atoms with Gasteiger partial charge in [-0.3, -0.25) is 10.1 Å². The van der Waals surface area contributed by atoms with Gasteiger partial charge < -0.3 is 4.74 Å². The number of nitro groups is 1. The Hall–Kier alpha value is -3.14. The third kappa shape index (κ3) is 3.21. The van der Waals surface area contributed by atoms with Gasteiger partial charge in [-0.2, -0.15) is 0 Å². The first-order chi connectivity index (χ1) is 11.2. The van der Waals surface area contributed by atoms with Crippen LogP contribution in [0.4, 0.5) is 5.69 Å². The maximum atomic E-state index is 11.1. The lowest BCUT2D eigenvalue weighted by Gasteiger charge is -2.02. The van der Waals surface area contributed by atoms with Gasteiger partial charge in [0.2, 0.25) is 0 Å². The van der Waals surface area contributed by atoms with Crippen molar-refractivity contribution in [2.45, 2.75) is 0 Å². The maximum Gasteiger partial charge on any atom is 0.311 e. The molecule has 3 aromatic rings. The van der Waals surface area contributed by atoms with Crippen LogP contribution in [0.2, 0.25) is 0 Å². The van der Waals surface area contributed by atoms with E-state index >= 15 is 0 Å². The minimum Gasteiger partial charge on any atom is -0.490 e. The summed E-state index contributed by atoms with van der Waals surface area (Å²) < 4.78 is 5.01. The Morgan fingerprint density at radius 2 is 1.57 bits per heavy atom. The zero-order valence-electron chi connectivity index (χ0n) is 12.6. The summed E-state index contributed by atoms with van der Waals surface area (Å²) in [7, 11) is 1.42. The van der Waals surface area contributed by atoms with Gasteiger partial charge in [-0.15, -0.1) is 0 Å². The number of fused-ring (bicyclic) bond motifs is 1. The van der Waals surface area contributed by atoms with E-state index in [2.05, 4.69) is 24.3 Å². The van der Waals surface area contributed by atoms with E-state index in [1.807, 2.05) is 30.4 Å². The predicted octanol–water partition coefficient (Wildman–Crippen LogP) is 4.93. The van der Waals surface area contributed by atoms with Crippen LogP contribution in [0.3, 0.4) is 0 Å². The van der Waals surface area contributed by atoms with Gasteiger partial charge in [-0.05, 0) is 34.0 Å². The molecule has 0 heterocycles. The monoisotopic (exact) mass is 305 g/mol. The predicted molar refractivity (Wildman–Crippen MR) is 92.5 cm³/mol. The lowest BCUT2D eigenvalue weighted by atomic mass is 10.1. The van der Waals surface area contributed by atoms with Crippen LogP contribution in [0.15, 0.2) is 60.7 Å². The van der Waals surface area contributed by atoms with Crippen LogP contribution in [0.1, 0.15) is 11.1 Å². The quantitative estimate of drug-likeness (QED) is 0.390. The first-order valence-corrected chi connectivity index (χ1v) is 7.17. The number of hydrogen-bond donors (Lipinski definition) is 0. The van der Waals surface area contributed by atoms with Crippen LogP contribution in [0.25, 0.3) is 22.9 Å². The molecule has 3 aromatic carbocycles. The van der Waals surface area contributed by atoms with Crippen LogP contribution >= 0.6 is 0 Å². The SMILES string of the molecule is COc1ccc(/C=C\c2ccc3ccccc3c2)cc1[N+](=O)[O-]. The zero-order chi connectivity index (χ0) is 16.2. The van der Waals surface area contributed by atoms with Gasteiger partial charge in [-0.1, -0.05) is 54.6 Å². The summed E-state index contributed by atoms with van der Waals surface area (Å²) in [5.41, 5.74) is 1.76. The Bertz CT molecular complexity index is 900. The molecule has 3 rings (SSSR count). The molecule has 0 N–H and O–H groups in total. The molecule has 0 saturated heterocycles. The molecule has 0 fully saturated rings. The van der Waals surface area contributed by atoms with Crippen molar-refractivity contribution in [2.24, 2.45) is 0 Å². The average molecular weight is 305 g/mol. The van der Waals surface area contributed by atoms with Crippen LogP contribution < -0.4 is 4.74 Å². The van der Waals surface area contributed by atoms with Crippen LogP contribution in [-0.2, 0) is 0 Å². The van der Waals surface area contributed by atoms with Gasteiger partial charge in [0.15, 0.2) is 5.75 Å².